The fourth-order valence-corrected chi connectivity index (χ4v) is 15.1. The van der Waals surface area contributed by atoms with Crippen molar-refractivity contribution in [1.82, 2.24) is 62.5 Å². The van der Waals surface area contributed by atoms with Crippen LogP contribution in [0.5, 0.6) is 46.5 Å². The van der Waals surface area contributed by atoms with Gasteiger partial charge in [0, 0.05) is 97.5 Å². The van der Waals surface area contributed by atoms with Gasteiger partial charge in [-0.15, -0.1) is 11.3 Å². The van der Waals surface area contributed by atoms with E-state index in [-0.39, 0.29) is 46.5 Å². The predicted octanol–water partition coefficient (Wildman–Crippen LogP) is 19.0. The van der Waals surface area contributed by atoms with Crippen molar-refractivity contribution < 1.29 is 45.3 Å². The minimum absolute atomic E-state index is 0.0677. The van der Waals surface area contributed by atoms with Gasteiger partial charge in [-0.05, 0) is 142 Å². The third-order valence-corrected chi connectivity index (χ3v) is 21.4. The number of thiophene rings is 1. The summed E-state index contributed by atoms with van der Waals surface area (Å²) in [4.78, 5) is 44.0. The number of phenols is 4. The number of fused-ring (bicyclic) bond motifs is 4. The Morgan fingerprint density at radius 2 is 0.557 bits per heavy atom. The fraction of sp³-hybridized carbons (Fsp3) is 0.0808. The van der Waals surface area contributed by atoms with Crippen molar-refractivity contribution in [2.45, 2.75) is 51.4 Å². The first-order chi connectivity index (χ1) is 59.7. The normalized spacial score (nSPS) is 11.1. The molecule has 0 bridgehead atoms. The number of phenolic OH excluding ortho intramolecular Hbond substituents is 4. The molecule has 11 aromatic heterocycles. The third-order valence-electron chi connectivity index (χ3n) is 20.5. The quantitative estimate of drug-likeness (QED) is 0.0351. The summed E-state index contributed by atoms with van der Waals surface area (Å²) in [5.41, 5.74) is 20.6. The maximum absolute atomic E-state index is 11.0. The van der Waals surface area contributed by atoms with E-state index in [0.717, 1.165) is 94.9 Å². The first kappa shape index (κ1) is 78.5. The van der Waals surface area contributed by atoms with Gasteiger partial charge in [-0.2, -0.15) is 0 Å². The van der Waals surface area contributed by atoms with Gasteiger partial charge in [0.1, 0.15) is 57.2 Å². The fourth-order valence-electron chi connectivity index (χ4n) is 14.4. The van der Waals surface area contributed by atoms with E-state index in [0.29, 0.717) is 114 Å². The topological polar surface area (TPSA) is 309 Å². The maximum atomic E-state index is 11.0. The van der Waals surface area contributed by atoms with Crippen LogP contribution in [-0.4, -0.2) is 103 Å². The second-order valence-corrected chi connectivity index (χ2v) is 30.1. The molecule has 0 radical (unpaired) electrons. The molecule has 8 N–H and O–H groups in total. The van der Waals surface area contributed by atoms with E-state index in [4.69, 9.17) is 39.3 Å². The minimum Gasteiger partial charge on any atom is -0.508 e. The van der Waals surface area contributed by atoms with Crippen LogP contribution in [0.25, 0.3) is 67.7 Å². The van der Waals surface area contributed by atoms with Gasteiger partial charge in [-0.3, -0.25) is 22.6 Å². The van der Waals surface area contributed by atoms with E-state index in [1.54, 1.807) is 121 Å². The van der Waals surface area contributed by atoms with E-state index >= 15 is 0 Å². The SMILES string of the molecule is Oc1ccc(-c2cn3c(O)c(Cc4ccco4)nc3c(Cc3ccccc3)n2)cc1.Oc1ccc(-c2cn3c(O)c(Cc4cccs4)nc3c(Cc3ccccc3)n2)cc1.Oc1ccc(Cc2nc3c(Cc4ccccc4)nc(-c4ccccc4)cn3c2O)cc1.Oc1ccc(Cc2nc3c(Cc4ccccc4)nc(-c4ccccn4)cn3c2O)cc1. The molecule has 22 nitrogen and oxygen atoms in total. The van der Waals surface area contributed by atoms with Gasteiger partial charge in [0.2, 0.25) is 23.5 Å². The maximum Gasteiger partial charge on any atom is 0.219 e. The number of pyridine rings is 1. The van der Waals surface area contributed by atoms with E-state index in [1.807, 2.05) is 218 Å². The largest absolute Gasteiger partial charge is 0.508 e. The Balaban J connectivity index is 0.000000116. The van der Waals surface area contributed by atoms with Crippen LogP contribution < -0.4 is 0 Å². The zero-order valence-corrected chi connectivity index (χ0v) is 66.4. The Hall–Kier alpha value is -16.0. The van der Waals surface area contributed by atoms with Crippen LogP contribution >= 0.6 is 11.3 Å². The summed E-state index contributed by atoms with van der Waals surface area (Å²) in [6.45, 7) is 0. The Bertz CT molecular complexity index is 6510. The van der Waals surface area contributed by atoms with Gasteiger partial charge >= 0.3 is 0 Å². The van der Waals surface area contributed by atoms with Crippen molar-refractivity contribution >= 4 is 33.9 Å². The summed E-state index contributed by atoms with van der Waals surface area (Å²) >= 11 is 1.64. The standard InChI is InChI=1S/C26H21N3O2.C25H20N4O2.C24H19N3O3.C24H19N3O2S/c30-21-13-11-19(12-14-21)16-23-26(31)29-17-24(20-9-5-2-6-10-20)27-22(25(29)28-23)15-18-7-3-1-4-8-18;30-19-11-9-18(10-12-19)15-22-25(31)29-16-23(20-8-4-5-13-26-20)27-21(24(29)28-22)14-17-6-2-1-3-7-17;2*28-18-10-8-17(9-11-18)22-15-27-23(20(25-22)13-16-5-2-1-3-6-16)26-21(24(27)29)14-19-7-4-12-30-19/h1-14,17,30-31H,15-16H2;1-13,16,30-31H,14-15H2;2*1-12,15,28-29H,13-14H2. The summed E-state index contributed by atoms with van der Waals surface area (Å²) < 4.78 is 12.2. The van der Waals surface area contributed by atoms with Crippen molar-refractivity contribution in [2.75, 3.05) is 0 Å². The number of benzene rings is 9. The minimum atomic E-state index is 0.0677. The predicted molar refractivity (Wildman–Crippen MR) is 469 cm³/mol. The van der Waals surface area contributed by atoms with Crippen molar-refractivity contribution in [2.24, 2.45) is 0 Å². The van der Waals surface area contributed by atoms with Gasteiger partial charge in [-0.1, -0.05) is 188 Å². The summed E-state index contributed by atoms with van der Waals surface area (Å²) in [6, 6.07) is 91.2. The van der Waals surface area contributed by atoms with Gasteiger partial charge in [0.25, 0.3) is 0 Å². The monoisotopic (exact) mass is 1630 g/mol. The van der Waals surface area contributed by atoms with Crippen LogP contribution in [0.1, 0.15) is 89.6 Å². The first-order valence-electron chi connectivity index (χ1n) is 39.4. The molecule has 0 atom stereocenters. The molecular formula is C99H79N13O9S. The van der Waals surface area contributed by atoms with Crippen LogP contribution in [0.3, 0.4) is 0 Å². The van der Waals surface area contributed by atoms with E-state index < -0.39 is 0 Å². The second-order valence-electron chi connectivity index (χ2n) is 29.1. The number of rotatable bonds is 20. The zero-order chi connectivity index (χ0) is 83.4. The lowest BCUT2D eigenvalue weighted by Gasteiger charge is -2.08. The molecule has 0 aliphatic rings. The molecule has 11 heterocycles. The molecule has 0 unspecified atom stereocenters. The third kappa shape index (κ3) is 18.2. The molecule has 0 amide bonds. The molecule has 0 saturated carbocycles. The lowest BCUT2D eigenvalue weighted by Crippen LogP contribution is -2.01. The number of aromatic nitrogens is 13. The Kier molecular flexibility index (Phi) is 23.1. The van der Waals surface area contributed by atoms with Gasteiger partial charge < -0.3 is 45.3 Å². The molecule has 20 rings (SSSR count). The van der Waals surface area contributed by atoms with Crippen molar-refractivity contribution in [3.63, 3.8) is 0 Å². The Morgan fingerprint density at radius 3 is 0.902 bits per heavy atom. The average molecular weight is 1630 g/mol. The summed E-state index contributed by atoms with van der Waals surface area (Å²) in [5.74, 6) is 1.93. The molecular weight excluding hydrogens is 1550 g/mol. The zero-order valence-electron chi connectivity index (χ0n) is 65.6. The first-order valence-corrected chi connectivity index (χ1v) is 40.3. The number of hydrogen-bond donors (Lipinski definition) is 8. The molecule has 122 heavy (non-hydrogen) atoms. The van der Waals surface area contributed by atoms with Crippen LogP contribution in [0, 0.1) is 0 Å². The lowest BCUT2D eigenvalue weighted by atomic mass is 10.1. The highest BCUT2D eigenvalue weighted by Crippen LogP contribution is 2.35. The second kappa shape index (κ2) is 35.8. The number of imidazole rings is 4. The summed E-state index contributed by atoms with van der Waals surface area (Å²) in [5, 5.41) is 84.1. The highest BCUT2D eigenvalue weighted by molar-refractivity contribution is 7.09. The van der Waals surface area contributed by atoms with E-state index in [9.17, 15) is 40.9 Å². The lowest BCUT2D eigenvalue weighted by molar-refractivity contribution is 0.438. The van der Waals surface area contributed by atoms with Gasteiger partial charge in [-0.25, -0.2) is 39.9 Å². The van der Waals surface area contributed by atoms with Crippen molar-refractivity contribution in [3.8, 4) is 91.7 Å². The molecule has 0 spiro atoms. The summed E-state index contributed by atoms with van der Waals surface area (Å²) in [7, 11) is 0. The molecule has 9 aromatic carbocycles. The molecule has 600 valence electrons. The molecule has 0 saturated heterocycles. The van der Waals surface area contributed by atoms with Gasteiger partial charge in [0.05, 0.1) is 58.2 Å². The molecule has 0 aliphatic heterocycles. The van der Waals surface area contributed by atoms with E-state index in [2.05, 4.69) is 34.2 Å². The highest BCUT2D eigenvalue weighted by atomic mass is 32.1. The average Bonchev–Trinajstić information content (AvgIpc) is 1.63. The Labute approximate surface area is 703 Å². The number of hydrogen-bond acceptors (Lipinski definition) is 19. The summed E-state index contributed by atoms with van der Waals surface area (Å²) in [6.07, 6.45) is 14.7. The van der Waals surface area contributed by atoms with Crippen LogP contribution in [0.2, 0.25) is 0 Å². The number of nitrogens with zero attached hydrogens (tertiary/aromatic N) is 13. The molecule has 23 heteroatoms. The van der Waals surface area contributed by atoms with Gasteiger partial charge in [0.15, 0.2) is 22.6 Å². The van der Waals surface area contributed by atoms with Crippen LogP contribution in [-0.2, 0) is 51.4 Å². The Morgan fingerprint density at radius 1 is 0.246 bits per heavy atom. The van der Waals surface area contributed by atoms with Crippen molar-refractivity contribution in [3.05, 3.63) is 423 Å². The molecule has 0 aliphatic carbocycles. The molecule has 20 aromatic rings. The van der Waals surface area contributed by atoms with Crippen LogP contribution in [0.4, 0.5) is 0 Å². The van der Waals surface area contributed by atoms with Crippen LogP contribution in [0.15, 0.2) is 338 Å². The highest BCUT2D eigenvalue weighted by Gasteiger charge is 2.24. The number of aromatic hydroxyl groups is 8. The van der Waals surface area contributed by atoms with E-state index in [1.165, 1.54) is 0 Å². The number of furan rings is 1. The molecule has 0 fully saturated rings. The smallest absolute Gasteiger partial charge is 0.219 e. The van der Waals surface area contributed by atoms with Crippen molar-refractivity contribution in [1.29, 1.82) is 0 Å².